The number of rotatable bonds is 7. The molecule has 0 saturated carbocycles. The highest BCUT2D eigenvalue weighted by Gasteiger charge is 2.15. The zero-order valence-corrected chi connectivity index (χ0v) is 12.4. The third-order valence-corrected chi connectivity index (χ3v) is 4.07. The first-order valence-corrected chi connectivity index (χ1v) is 7.33. The number of nitrogens with zero attached hydrogens (tertiary/aromatic N) is 1. The summed E-state index contributed by atoms with van der Waals surface area (Å²) >= 11 is 0. The second-order valence-corrected chi connectivity index (χ2v) is 5.39. The quantitative estimate of drug-likeness (QED) is 0.817. The molecule has 0 radical (unpaired) electrons. The van der Waals surface area contributed by atoms with Crippen LogP contribution in [-0.2, 0) is 17.7 Å². The van der Waals surface area contributed by atoms with Crippen molar-refractivity contribution in [3.8, 4) is 0 Å². The SMILES string of the molecule is CCC(C)N(CCOC)Cc1ccc2c(c1)NCC2. The molecule has 0 bridgehead atoms. The van der Waals surface area contributed by atoms with Gasteiger partial charge in [-0.05, 0) is 37.0 Å². The Morgan fingerprint density at radius 3 is 3.00 bits per heavy atom. The summed E-state index contributed by atoms with van der Waals surface area (Å²) in [7, 11) is 1.77. The highest BCUT2D eigenvalue weighted by atomic mass is 16.5. The molecule has 0 spiro atoms. The number of benzene rings is 1. The van der Waals surface area contributed by atoms with Crippen molar-refractivity contribution in [1.82, 2.24) is 4.90 Å². The molecule has 1 aliphatic heterocycles. The molecule has 0 aliphatic carbocycles. The van der Waals surface area contributed by atoms with Gasteiger partial charge in [0.25, 0.3) is 0 Å². The van der Waals surface area contributed by atoms with Gasteiger partial charge in [0, 0.05) is 38.5 Å². The summed E-state index contributed by atoms with van der Waals surface area (Å²) in [6.45, 7) is 8.42. The first kappa shape index (κ1) is 14.4. The van der Waals surface area contributed by atoms with Gasteiger partial charge < -0.3 is 10.1 Å². The number of hydrogen-bond acceptors (Lipinski definition) is 3. The van der Waals surface area contributed by atoms with Crippen molar-refractivity contribution in [3.63, 3.8) is 0 Å². The Morgan fingerprint density at radius 1 is 1.42 bits per heavy atom. The monoisotopic (exact) mass is 262 g/mol. The lowest BCUT2D eigenvalue weighted by Crippen LogP contribution is -2.34. The van der Waals surface area contributed by atoms with Crippen molar-refractivity contribution in [2.45, 2.75) is 39.3 Å². The second-order valence-electron chi connectivity index (χ2n) is 5.39. The van der Waals surface area contributed by atoms with E-state index in [0.717, 1.165) is 32.7 Å². The van der Waals surface area contributed by atoms with Gasteiger partial charge in [0.2, 0.25) is 0 Å². The molecular formula is C16H26N2O. The number of hydrogen-bond donors (Lipinski definition) is 1. The average molecular weight is 262 g/mol. The van der Waals surface area contributed by atoms with E-state index in [0.29, 0.717) is 6.04 Å². The lowest BCUT2D eigenvalue weighted by Gasteiger charge is -2.28. The normalized spacial score (nSPS) is 15.4. The van der Waals surface area contributed by atoms with Gasteiger partial charge in [0.1, 0.15) is 0 Å². The minimum atomic E-state index is 0.594. The van der Waals surface area contributed by atoms with Crippen LogP contribution in [0.5, 0.6) is 0 Å². The largest absolute Gasteiger partial charge is 0.384 e. The average Bonchev–Trinajstić information content (AvgIpc) is 2.90. The molecular weight excluding hydrogens is 236 g/mol. The topological polar surface area (TPSA) is 24.5 Å². The Bertz CT molecular complexity index is 406. The van der Waals surface area contributed by atoms with Crippen molar-refractivity contribution in [2.75, 3.05) is 32.1 Å². The van der Waals surface area contributed by atoms with E-state index < -0.39 is 0 Å². The Kier molecular flexibility index (Phi) is 5.23. The molecule has 1 aromatic carbocycles. The summed E-state index contributed by atoms with van der Waals surface area (Å²) in [5.41, 5.74) is 4.17. The van der Waals surface area contributed by atoms with Gasteiger partial charge >= 0.3 is 0 Å². The molecule has 0 fully saturated rings. The first-order chi connectivity index (χ1) is 9.24. The first-order valence-electron chi connectivity index (χ1n) is 7.33. The summed E-state index contributed by atoms with van der Waals surface area (Å²) < 4.78 is 5.22. The predicted molar refractivity (Wildman–Crippen MR) is 80.7 cm³/mol. The van der Waals surface area contributed by atoms with Crippen LogP contribution in [0, 0.1) is 0 Å². The lowest BCUT2D eigenvalue weighted by molar-refractivity contribution is 0.118. The van der Waals surface area contributed by atoms with Crippen molar-refractivity contribution < 1.29 is 4.74 Å². The summed E-state index contributed by atoms with van der Waals surface area (Å²) in [6.07, 6.45) is 2.33. The van der Waals surface area contributed by atoms with Gasteiger partial charge in [0.15, 0.2) is 0 Å². The molecule has 1 atom stereocenters. The molecule has 2 rings (SSSR count). The van der Waals surface area contributed by atoms with Crippen LogP contribution < -0.4 is 5.32 Å². The highest BCUT2D eigenvalue weighted by Crippen LogP contribution is 2.24. The van der Waals surface area contributed by atoms with Crippen LogP contribution in [0.25, 0.3) is 0 Å². The van der Waals surface area contributed by atoms with E-state index in [1.807, 2.05) is 0 Å². The Morgan fingerprint density at radius 2 is 2.26 bits per heavy atom. The Labute approximate surface area is 116 Å². The fourth-order valence-corrected chi connectivity index (χ4v) is 2.59. The van der Waals surface area contributed by atoms with E-state index in [1.165, 1.54) is 23.2 Å². The molecule has 1 aromatic rings. The standard InChI is InChI=1S/C16H26N2O/c1-4-13(2)18(9-10-19-3)12-14-5-6-15-7-8-17-16(15)11-14/h5-6,11,13,17H,4,7-10,12H2,1-3H3. The van der Waals surface area contributed by atoms with E-state index in [-0.39, 0.29) is 0 Å². The maximum absolute atomic E-state index is 5.22. The lowest BCUT2D eigenvalue weighted by atomic mass is 10.1. The molecule has 1 N–H and O–H groups in total. The molecule has 0 amide bonds. The molecule has 1 unspecified atom stereocenters. The van der Waals surface area contributed by atoms with E-state index in [2.05, 4.69) is 42.3 Å². The third kappa shape index (κ3) is 3.71. The highest BCUT2D eigenvalue weighted by molar-refractivity contribution is 5.57. The fraction of sp³-hybridized carbons (Fsp3) is 0.625. The number of anilines is 1. The van der Waals surface area contributed by atoms with Crippen LogP contribution in [-0.4, -0.2) is 37.7 Å². The predicted octanol–water partition coefficient (Wildman–Crippen LogP) is 2.90. The second kappa shape index (κ2) is 6.92. The van der Waals surface area contributed by atoms with Gasteiger partial charge in [0.05, 0.1) is 6.61 Å². The Hall–Kier alpha value is -1.06. The third-order valence-electron chi connectivity index (χ3n) is 4.07. The molecule has 19 heavy (non-hydrogen) atoms. The molecule has 3 nitrogen and oxygen atoms in total. The molecule has 3 heteroatoms. The maximum atomic E-state index is 5.22. The van der Waals surface area contributed by atoms with Crippen molar-refractivity contribution >= 4 is 5.69 Å². The van der Waals surface area contributed by atoms with Crippen LogP contribution >= 0.6 is 0 Å². The van der Waals surface area contributed by atoms with Crippen molar-refractivity contribution in [2.24, 2.45) is 0 Å². The van der Waals surface area contributed by atoms with Crippen LogP contribution in [0.2, 0.25) is 0 Å². The van der Waals surface area contributed by atoms with Crippen LogP contribution in [0.15, 0.2) is 18.2 Å². The minimum absolute atomic E-state index is 0.594. The van der Waals surface area contributed by atoms with Crippen LogP contribution in [0.3, 0.4) is 0 Å². The van der Waals surface area contributed by atoms with Gasteiger partial charge in [-0.2, -0.15) is 0 Å². The fourth-order valence-electron chi connectivity index (χ4n) is 2.59. The number of nitrogens with one attached hydrogen (secondary N) is 1. The molecule has 0 aromatic heterocycles. The van der Waals surface area contributed by atoms with E-state index in [9.17, 15) is 0 Å². The summed E-state index contributed by atoms with van der Waals surface area (Å²) in [5.74, 6) is 0. The summed E-state index contributed by atoms with van der Waals surface area (Å²) in [6, 6.07) is 7.45. The number of methoxy groups -OCH3 is 1. The molecule has 0 saturated heterocycles. The summed E-state index contributed by atoms with van der Waals surface area (Å²) in [5, 5.41) is 3.46. The Balaban J connectivity index is 2.03. The van der Waals surface area contributed by atoms with Gasteiger partial charge in [-0.3, -0.25) is 4.90 Å². The molecule has 106 valence electrons. The zero-order valence-electron chi connectivity index (χ0n) is 12.4. The smallest absolute Gasteiger partial charge is 0.0589 e. The van der Waals surface area contributed by atoms with Crippen LogP contribution in [0.4, 0.5) is 5.69 Å². The minimum Gasteiger partial charge on any atom is -0.384 e. The van der Waals surface area contributed by atoms with E-state index in [1.54, 1.807) is 7.11 Å². The van der Waals surface area contributed by atoms with Gasteiger partial charge in [-0.1, -0.05) is 19.1 Å². The number of fused-ring (bicyclic) bond motifs is 1. The van der Waals surface area contributed by atoms with Gasteiger partial charge in [-0.25, -0.2) is 0 Å². The maximum Gasteiger partial charge on any atom is 0.0589 e. The molecule has 1 heterocycles. The van der Waals surface area contributed by atoms with Crippen LogP contribution in [0.1, 0.15) is 31.4 Å². The summed E-state index contributed by atoms with van der Waals surface area (Å²) in [4.78, 5) is 2.50. The zero-order chi connectivity index (χ0) is 13.7. The number of ether oxygens (including phenoxy) is 1. The van der Waals surface area contributed by atoms with Gasteiger partial charge in [-0.15, -0.1) is 0 Å². The molecule has 1 aliphatic rings. The van der Waals surface area contributed by atoms with Crippen molar-refractivity contribution in [3.05, 3.63) is 29.3 Å². The van der Waals surface area contributed by atoms with E-state index >= 15 is 0 Å². The van der Waals surface area contributed by atoms with Crippen molar-refractivity contribution in [1.29, 1.82) is 0 Å². The van der Waals surface area contributed by atoms with E-state index in [4.69, 9.17) is 4.74 Å².